The normalized spacial score (nSPS) is 17.2. The Balaban J connectivity index is 0.000000301. The molecule has 1 saturated carbocycles. The number of benzene rings is 3. The van der Waals surface area contributed by atoms with E-state index in [0.717, 1.165) is 11.1 Å². The summed E-state index contributed by atoms with van der Waals surface area (Å²) >= 11 is 0. The van der Waals surface area contributed by atoms with Gasteiger partial charge in [0.2, 0.25) is 8.32 Å². The van der Waals surface area contributed by atoms with Crippen LogP contribution in [0.2, 0.25) is 34.3 Å². The summed E-state index contributed by atoms with van der Waals surface area (Å²) in [6, 6.07) is 29.8. The number of aryl methyl sites for hydroxylation is 4. The average molecular weight is 819 g/mol. The molecule has 4 nitrogen and oxygen atoms in total. The summed E-state index contributed by atoms with van der Waals surface area (Å²) in [5.74, 6) is 0.571. The van der Waals surface area contributed by atoms with Crippen molar-refractivity contribution in [2.75, 3.05) is 0 Å². The number of rotatable bonds is 17. The largest absolute Gasteiger partial charge is 0.522 e. The zero-order valence-electron chi connectivity index (χ0n) is 35.2. The second-order valence-electron chi connectivity index (χ2n) is 17.1. The van der Waals surface area contributed by atoms with Crippen LogP contribution in [0.3, 0.4) is 0 Å². The Bertz CT molecular complexity index is 1640. The topological polar surface area (TPSA) is 52.6 Å². The minimum atomic E-state index is -5.58. The Morgan fingerprint density at radius 1 is 0.636 bits per heavy atom. The van der Waals surface area contributed by atoms with E-state index in [1.54, 1.807) is 27.7 Å². The van der Waals surface area contributed by atoms with E-state index in [0.29, 0.717) is 42.0 Å². The molecule has 1 aliphatic carbocycles. The first-order valence-electron chi connectivity index (χ1n) is 20.6. The lowest BCUT2D eigenvalue weighted by Crippen LogP contribution is -2.49. The molecule has 0 saturated heterocycles. The van der Waals surface area contributed by atoms with Crippen molar-refractivity contribution >= 4 is 26.8 Å². The smallest absolute Gasteiger partial charge is 0.413 e. The van der Waals surface area contributed by atoms with Gasteiger partial charge >= 0.3 is 15.6 Å². The molecule has 1 fully saturated rings. The fourth-order valence-electron chi connectivity index (χ4n) is 8.55. The third kappa shape index (κ3) is 13.1. The molecule has 0 amide bonds. The van der Waals surface area contributed by atoms with E-state index >= 15 is 0 Å². The van der Waals surface area contributed by atoms with Crippen LogP contribution >= 0.6 is 0 Å². The summed E-state index contributed by atoms with van der Waals surface area (Å²) in [4.78, 5) is 0. The molecular weight excluding hydrogens is 750 g/mol. The van der Waals surface area contributed by atoms with E-state index in [-0.39, 0.29) is 11.1 Å². The third-order valence-corrected chi connectivity index (χ3v) is 25.6. The van der Waals surface area contributed by atoms with Crippen LogP contribution in [0.15, 0.2) is 78.9 Å². The van der Waals surface area contributed by atoms with E-state index in [2.05, 4.69) is 89.2 Å². The van der Waals surface area contributed by atoms with Crippen molar-refractivity contribution in [2.24, 2.45) is 0 Å². The maximum Gasteiger partial charge on any atom is 0.522 e. The number of alkyl halides is 3. The highest BCUT2D eigenvalue weighted by Crippen LogP contribution is 2.45. The van der Waals surface area contributed by atoms with Gasteiger partial charge in [0.05, 0.1) is 6.10 Å². The molecule has 0 aliphatic heterocycles. The van der Waals surface area contributed by atoms with Gasteiger partial charge in [-0.25, -0.2) is 0 Å². The molecule has 0 aromatic heterocycles. The minimum Gasteiger partial charge on any atom is -0.413 e. The van der Waals surface area contributed by atoms with Gasteiger partial charge in [-0.05, 0) is 103 Å². The summed E-state index contributed by atoms with van der Waals surface area (Å²) in [5.41, 5.74) is 1.93. The highest BCUT2D eigenvalue weighted by atomic mass is 32.2. The van der Waals surface area contributed by atoms with Crippen LogP contribution in [0.5, 0.6) is 0 Å². The van der Waals surface area contributed by atoms with E-state index in [1.165, 1.54) is 61.3 Å². The van der Waals surface area contributed by atoms with E-state index in [1.807, 2.05) is 31.2 Å². The fraction of sp³-hybridized carbons (Fsp3) is 0.600. The predicted octanol–water partition coefficient (Wildman–Crippen LogP) is 14.0. The Hall–Kier alpha value is -2.25. The molecule has 2 atom stereocenters. The van der Waals surface area contributed by atoms with Crippen molar-refractivity contribution in [3.05, 3.63) is 107 Å². The van der Waals surface area contributed by atoms with Crippen LogP contribution in [0.4, 0.5) is 13.2 Å². The molecule has 0 bridgehead atoms. The molecule has 3 aromatic carbocycles. The first-order chi connectivity index (χ1) is 25.7. The molecule has 0 N–H and O–H groups in total. The quantitative estimate of drug-likeness (QED) is 0.101. The lowest BCUT2D eigenvalue weighted by molar-refractivity contribution is -0.0505. The van der Waals surface area contributed by atoms with Gasteiger partial charge in [-0.3, -0.25) is 0 Å². The van der Waals surface area contributed by atoms with Gasteiger partial charge < -0.3 is 8.30 Å². The SMILES string of the molecule is Cc1ccc(CCC[Si](OC2CCCC[C@H]2c2ccccc2)(C(C)C)C(C)C)cc1.Cc1ccc(CCC[Si](OS(=O)(=O)C(F)(F)F)(C(C)C)C(C)C)cc1. The summed E-state index contributed by atoms with van der Waals surface area (Å²) in [7, 11) is -10.6. The molecule has 1 unspecified atom stereocenters. The van der Waals surface area contributed by atoms with Crippen molar-refractivity contribution in [1.82, 2.24) is 0 Å². The van der Waals surface area contributed by atoms with Crippen molar-refractivity contribution < 1.29 is 29.9 Å². The van der Waals surface area contributed by atoms with Crippen LogP contribution in [0.1, 0.15) is 128 Å². The van der Waals surface area contributed by atoms with Gasteiger partial charge in [0.15, 0.2) is 8.32 Å². The second kappa shape index (κ2) is 21.0. The summed E-state index contributed by atoms with van der Waals surface area (Å²) < 4.78 is 74.1. The molecule has 3 aromatic rings. The van der Waals surface area contributed by atoms with Gasteiger partial charge in [-0.1, -0.05) is 158 Å². The van der Waals surface area contributed by atoms with Crippen molar-refractivity contribution in [3.63, 3.8) is 0 Å². The van der Waals surface area contributed by atoms with Crippen LogP contribution in [-0.2, 0) is 31.3 Å². The zero-order valence-corrected chi connectivity index (χ0v) is 38.0. The Labute approximate surface area is 334 Å². The minimum absolute atomic E-state index is 0.248. The zero-order chi connectivity index (χ0) is 41.0. The Morgan fingerprint density at radius 2 is 1.05 bits per heavy atom. The standard InChI is InChI=1S/C28H42OSi.C17H27F3O3SSi/c1-22(2)30(23(3)4,21-11-12-25-19-17-24(5)18-20-25)29-28-16-10-9-15-27(28)26-13-7-6-8-14-26;1-13(2)25(14(3)4,23-24(21,22)17(18,19)20)12-6-7-16-10-8-15(5)9-11-16/h6-8,13-14,17-20,22-23,27-28H,9-12,15-16,21H2,1-5H3;8-11,13-14H,6-7,12H2,1-5H3/t27-,28?;/m0./s1. The van der Waals surface area contributed by atoms with Crippen LogP contribution in [0.25, 0.3) is 0 Å². The highest BCUT2D eigenvalue weighted by molar-refractivity contribution is 7.88. The first-order valence-corrected chi connectivity index (χ1v) is 26.5. The molecule has 0 radical (unpaired) electrons. The van der Waals surface area contributed by atoms with Gasteiger partial charge in [0, 0.05) is 5.92 Å². The van der Waals surface area contributed by atoms with E-state index in [9.17, 15) is 21.6 Å². The molecule has 4 rings (SSSR count). The third-order valence-electron chi connectivity index (χ3n) is 12.1. The fourth-order valence-corrected chi connectivity index (χ4v) is 20.4. The predicted molar refractivity (Wildman–Crippen MR) is 229 cm³/mol. The Morgan fingerprint density at radius 3 is 1.47 bits per heavy atom. The lowest BCUT2D eigenvalue weighted by Gasteiger charge is -2.45. The molecule has 0 heterocycles. The van der Waals surface area contributed by atoms with Crippen LogP contribution in [-0.4, -0.2) is 36.7 Å². The Kier molecular flexibility index (Phi) is 18.0. The maximum absolute atomic E-state index is 12.8. The lowest BCUT2D eigenvalue weighted by atomic mass is 9.82. The number of hydrogen-bond acceptors (Lipinski definition) is 4. The van der Waals surface area contributed by atoms with E-state index in [4.69, 9.17) is 8.30 Å². The average Bonchev–Trinajstić information content (AvgIpc) is 3.12. The molecule has 10 heteroatoms. The molecular formula is C45H69F3O4SSi2. The maximum atomic E-state index is 12.8. The van der Waals surface area contributed by atoms with Gasteiger partial charge in [0.1, 0.15) is 0 Å². The van der Waals surface area contributed by atoms with Gasteiger partial charge in [-0.15, -0.1) is 0 Å². The molecule has 55 heavy (non-hydrogen) atoms. The highest BCUT2D eigenvalue weighted by Gasteiger charge is 2.55. The molecule has 1 aliphatic rings. The summed E-state index contributed by atoms with van der Waals surface area (Å²) in [6.07, 6.45) is 9.26. The van der Waals surface area contributed by atoms with E-state index < -0.39 is 32.3 Å². The monoisotopic (exact) mass is 818 g/mol. The molecule has 0 spiro atoms. The van der Waals surface area contributed by atoms with Crippen molar-refractivity contribution in [1.29, 1.82) is 0 Å². The van der Waals surface area contributed by atoms with Crippen LogP contribution in [0, 0.1) is 13.8 Å². The van der Waals surface area contributed by atoms with Crippen molar-refractivity contribution in [3.8, 4) is 0 Å². The number of halogens is 3. The first kappa shape index (κ1) is 47.1. The molecule has 308 valence electrons. The summed E-state index contributed by atoms with van der Waals surface area (Å²) in [5, 5.41) is 0. The van der Waals surface area contributed by atoms with Crippen LogP contribution < -0.4 is 0 Å². The van der Waals surface area contributed by atoms with Gasteiger partial charge in [-0.2, -0.15) is 21.6 Å². The second-order valence-corrected chi connectivity index (χ2v) is 28.9. The van der Waals surface area contributed by atoms with Crippen molar-refractivity contribution in [2.45, 2.75) is 172 Å². The summed E-state index contributed by atoms with van der Waals surface area (Å²) in [6.45, 7) is 20.9. The number of hydrogen-bond donors (Lipinski definition) is 0. The van der Waals surface area contributed by atoms with Gasteiger partial charge in [0.25, 0.3) is 0 Å².